The number of hydrogen-bond donors (Lipinski definition) is 0. The molecule has 0 aromatic carbocycles. The Labute approximate surface area is 107 Å². The van der Waals surface area contributed by atoms with Crippen LogP contribution in [-0.2, 0) is 4.79 Å². The molecule has 0 aromatic heterocycles. The fraction of sp³-hybridized carbons (Fsp3) is 0.917. The fourth-order valence-electron chi connectivity index (χ4n) is 3.13. The van der Waals surface area contributed by atoms with Crippen molar-refractivity contribution >= 4 is 5.91 Å². The van der Waals surface area contributed by atoms with E-state index in [1.54, 1.807) is 0 Å². The summed E-state index contributed by atoms with van der Waals surface area (Å²) >= 11 is 0. The topological polar surface area (TPSA) is 20.3 Å². The highest BCUT2D eigenvalue weighted by atomic mass is 19.4. The molecule has 0 aromatic rings. The Bertz CT molecular complexity index is 350. The highest BCUT2D eigenvalue weighted by molar-refractivity contribution is 5.84. The first kappa shape index (κ1) is 14.5. The van der Waals surface area contributed by atoms with E-state index >= 15 is 0 Å². The van der Waals surface area contributed by atoms with Gasteiger partial charge in [-0.05, 0) is 31.1 Å². The summed E-state index contributed by atoms with van der Waals surface area (Å²) in [6.45, 7) is 0.00894. The quantitative estimate of drug-likeness (QED) is 0.676. The first-order valence-corrected chi connectivity index (χ1v) is 6.42. The first-order valence-electron chi connectivity index (χ1n) is 6.42. The Morgan fingerprint density at radius 2 is 1.37 bits per heavy atom. The van der Waals surface area contributed by atoms with Gasteiger partial charge in [0.15, 0.2) is 0 Å². The van der Waals surface area contributed by atoms with Crippen LogP contribution in [0.5, 0.6) is 0 Å². The summed E-state index contributed by atoms with van der Waals surface area (Å²) in [7, 11) is 0. The summed E-state index contributed by atoms with van der Waals surface area (Å²) in [5.74, 6) is -7.37. The molecule has 1 spiro atoms. The zero-order valence-corrected chi connectivity index (χ0v) is 10.4. The first-order chi connectivity index (χ1) is 8.68. The van der Waals surface area contributed by atoms with E-state index in [0.29, 0.717) is 17.7 Å². The maximum Gasteiger partial charge on any atom is 0.463 e. The zero-order chi connectivity index (χ0) is 14.3. The molecule has 1 aliphatic carbocycles. The van der Waals surface area contributed by atoms with Gasteiger partial charge in [0, 0.05) is 13.1 Å². The number of amides is 1. The van der Waals surface area contributed by atoms with Crippen LogP contribution in [0.25, 0.3) is 0 Å². The van der Waals surface area contributed by atoms with Crippen molar-refractivity contribution in [2.45, 2.75) is 50.6 Å². The van der Waals surface area contributed by atoms with E-state index in [9.17, 15) is 26.7 Å². The summed E-state index contributed by atoms with van der Waals surface area (Å²) in [6, 6.07) is 0. The van der Waals surface area contributed by atoms with Crippen molar-refractivity contribution in [3.63, 3.8) is 0 Å². The highest BCUT2D eigenvalue weighted by Crippen LogP contribution is 2.47. The molecule has 2 fully saturated rings. The molecular formula is C12H16F5NO. The van der Waals surface area contributed by atoms with Gasteiger partial charge >= 0.3 is 18.0 Å². The minimum Gasteiger partial charge on any atom is -0.337 e. The van der Waals surface area contributed by atoms with Crippen molar-refractivity contribution in [2.24, 2.45) is 5.41 Å². The van der Waals surface area contributed by atoms with Gasteiger partial charge in [-0.15, -0.1) is 0 Å². The van der Waals surface area contributed by atoms with Gasteiger partial charge in [0.05, 0.1) is 0 Å². The molecule has 1 amide bonds. The molecule has 1 saturated carbocycles. The molecule has 2 nitrogen and oxygen atoms in total. The van der Waals surface area contributed by atoms with Crippen LogP contribution in [0.4, 0.5) is 22.0 Å². The van der Waals surface area contributed by atoms with Crippen molar-refractivity contribution in [2.75, 3.05) is 13.1 Å². The standard InChI is InChI=1S/C12H16F5NO/c13-11(14,12(15,16)17)9(19)18-7-5-10(6-8-18)3-1-2-4-10/h1-8H2. The SMILES string of the molecule is O=C(N1CCC2(CCCC2)CC1)C(F)(F)C(F)(F)F. The van der Waals surface area contributed by atoms with Crippen LogP contribution in [0.15, 0.2) is 0 Å². The Hall–Kier alpha value is -0.880. The summed E-state index contributed by atoms with van der Waals surface area (Å²) in [5.41, 5.74) is 0.0737. The van der Waals surface area contributed by atoms with E-state index in [4.69, 9.17) is 0 Å². The monoisotopic (exact) mass is 285 g/mol. The van der Waals surface area contributed by atoms with Crippen molar-refractivity contribution in [3.05, 3.63) is 0 Å². The van der Waals surface area contributed by atoms with E-state index in [2.05, 4.69) is 0 Å². The molecule has 110 valence electrons. The highest BCUT2D eigenvalue weighted by Gasteiger charge is 2.64. The molecule has 0 atom stereocenters. The third kappa shape index (κ3) is 2.56. The van der Waals surface area contributed by atoms with Crippen LogP contribution < -0.4 is 0 Å². The van der Waals surface area contributed by atoms with Crippen molar-refractivity contribution in [1.82, 2.24) is 4.90 Å². The average molecular weight is 285 g/mol. The van der Waals surface area contributed by atoms with Crippen molar-refractivity contribution in [3.8, 4) is 0 Å². The molecule has 0 radical (unpaired) electrons. The van der Waals surface area contributed by atoms with Crippen LogP contribution in [0.3, 0.4) is 0 Å². The van der Waals surface area contributed by atoms with E-state index in [0.717, 1.165) is 25.7 Å². The van der Waals surface area contributed by atoms with E-state index < -0.39 is 18.0 Å². The van der Waals surface area contributed by atoms with Gasteiger partial charge in [0.25, 0.3) is 0 Å². The number of piperidine rings is 1. The summed E-state index contributed by atoms with van der Waals surface area (Å²) in [6.07, 6.45) is -0.610. The van der Waals surface area contributed by atoms with Gasteiger partial charge in [-0.1, -0.05) is 12.8 Å². The van der Waals surface area contributed by atoms with Crippen LogP contribution >= 0.6 is 0 Å². The summed E-state index contributed by atoms with van der Waals surface area (Å²) < 4.78 is 62.3. The molecule has 2 rings (SSSR count). The van der Waals surface area contributed by atoms with E-state index in [-0.39, 0.29) is 18.5 Å². The van der Waals surface area contributed by atoms with E-state index in [1.165, 1.54) is 0 Å². The molecule has 0 N–H and O–H groups in total. The Balaban J connectivity index is 1.99. The summed E-state index contributed by atoms with van der Waals surface area (Å²) in [4.78, 5) is 12.0. The molecule has 19 heavy (non-hydrogen) atoms. The molecule has 7 heteroatoms. The van der Waals surface area contributed by atoms with Gasteiger partial charge < -0.3 is 4.90 Å². The van der Waals surface area contributed by atoms with E-state index in [1.807, 2.05) is 0 Å². The number of hydrogen-bond acceptors (Lipinski definition) is 1. The molecule has 1 aliphatic heterocycles. The third-order valence-electron chi connectivity index (χ3n) is 4.40. The number of likely N-dealkylation sites (tertiary alicyclic amines) is 1. The lowest BCUT2D eigenvalue weighted by Crippen LogP contribution is -2.54. The zero-order valence-electron chi connectivity index (χ0n) is 10.4. The van der Waals surface area contributed by atoms with Gasteiger partial charge in [0.2, 0.25) is 0 Å². The van der Waals surface area contributed by atoms with Crippen LogP contribution in [0.1, 0.15) is 38.5 Å². The molecule has 1 heterocycles. The van der Waals surface area contributed by atoms with Crippen LogP contribution in [0, 0.1) is 5.41 Å². The largest absolute Gasteiger partial charge is 0.463 e. The fourth-order valence-corrected chi connectivity index (χ4v) is 3.13. The normalized spacial score (nSPS) is 23.9. The van der Waals surface area contributed by atoms with Crippen LogP contribution in [-0.4, -0.2) is 36.0 Å². The number of rotatable bonds is 1. The van der Waals surface area contributed by atoms with Crippen LogP contribution in [0.2, 0.25) is 0 Å². The number of carbonyl (C=O) groups excluding carboxylic acids is 1. The summed E-state index contributed by atoms with van der Waals surface area (Å²) in [5, 5.41) is 0. The number of nitrogens with zero attached hydrogens (tertiary/aromatic N) is 1. The van der Waals surface area contributed by atoms with Crippen molar-refractivity contribution < 1.29 is 26.7 Å². The lowest BCUT2D eigenvalue weighted by molar-refractivity contribution is -0.275. The Morgan fingerprint density at radius 1 is 0.895 bits per heavy atom. The minimum absolute atomic E-state index is 0.00447. The van der Waals surface area contributed by atoms with Gasteiger partial charge in [-0.25, -0.2) is 0 Å². The second kappa shape index (κ2) is 4.59. The molecule has 0 bridgehead atoms. The number of alkyl halides is 5. The average Bonchev–Trinajstić information content (AvgIpc) is 2.76. The smallest absolute Gasteiger partial charge is 0.337 e. The predicted molar refractivity (Wildman–Crippen MR) is 57.7 cm³/mol. The lowest BCUT2D eigenvalue weighted by atomic mass is 9.77. The third-order valence-corrected chi connectivity index (χ3v) is 4.40. The number of carbonyl (C=O) groups is 1. The Morgan fingerprint density at radius 3 is 1.79 bits per heavy atom. The maximum absolute atomic E-state index is 13.0. The minimum atomic E-state index is -5.81. The second-order valence-electron chi connectivity index (χ2n) is 5.57. The predicted octanol–water partition coefficient (Wildman–Crippen LogP) is 3.37. The van der Waals surface area contributed by atoms with Gasteiger partial charge in [0.1, 0.15) is 0 Å². The van der Waals surface area contributed by atoms with Crippen molar-refractivity contribution in [1.29, 1.82) is 0 Å². The molecule has 0 unspecified atom stereocenters. The van der Waals surface area contributed by atoms with Gasteiger partial charge in [-0.3, -0.25) is 4.79 Å². The Kier molecular flexibility index (Phi) is 3.51. The molecule has 1 saturated heterocycles. The van der Waals surface area contributed by atoms with Gasteiger partial charge in [-0.2, -0.15) is 22.0 Å². The second-order valence-corrected chi connectivity index (χ2v) is 5.57. The number of halogens is 5. The lowest BCUT2D eigenvalue weighted by Gasteiger charge is -2.40. The molecule has 2 aliphatic rings. The molecular weight excluding hydrogens is 269 g/mol. The maximum atomic E-state index is 13.0.